The van der Waals surface area contributed by atoms with Crippen molar-refractivity contribution in [2.75, 3.05) is 30.4 Å². The Morgan fingerprint density at radius 1 is 1.50 bits per heavy atom. The topological polar surface area (TPSA) is 107 Å². The van der Waals surface area contributed by atoms with Crippen LogP contribution in [0, 0.1) is 16.0 Å². The van der Waals surface area contributed by atoms with Crippen LogP contribution in [0.3, 0.4) is 0 Å². The first kappa shape index (κ1) is 13.0. The summed E-state index contributed by atoms with van der Waals surface area (Å²) in [6, 6.07) is 0.427. The van der Waals surface area contributed by atoms with Crippen molar-refractivity contribution in [1.82, 2.24) is 9.97 Å². The Morgan fingerprint density at radius 3 is 2.85 bits per heavy atom. The second-order valence-electron chi connectivity index (χ2n) is 5.31. The number of ether oxygens (including phenoxy) is 1. The second-order valence-corrected chi connectivity index (χ2v) is 5.31. The smallest absolute Gasteiger partial charge is 0.329 e. The first-order chi connectivity index (χ1) is 9.65. The number of nitrogens with two attached hydrogens (primary N) is 1. The lowest BCUT2D eigenvalue weighted by Crippen LogP contribution is -2.33. The summed E-state index contributed by atoms with van der Waals surface area (Å²) < 4.78 is 5.39. The van der Waals surface area contributed by atoms with Crippen LogP contribution in [0.1, 0.15) is 19.3 Å². The molecular formula is C12H17N5O3. The van der Waals surface area contributed by atoms with Gasteiger partial charge < -0.3 is 15.4 Å². The summed E-state index contributed by atoms with van der Waals surface area (Å²) in [5.41, 5.74) is 5.40. The van der Waals surface area contributed by atoms with Gasteiger partial charge in [0.2, 0.25) is 11.8 Å². The van der Waals surface area contributed by atoms with E-state index in [0.717, 1.165) is 39.0 Å². The molecule has 1 atom stereocenters. The minimum absolute atomic E-state index is 0.0756. The Labute approximate surface area is 116 Å². The molecule has 1 aliphatic carbocycles. The average molecular weight is 279 g/mol. The lowest BCUT2D eigenvalue weighted by Gasteiger charge is -2.24. The molecule has 1 aromatic rings. The highest BCUT2D eigenvalue weighted by Gasteiger charge is 2.34. The van der Waals surface area contributed by atoms with Crippen LogP contribution in [0.5, 0.6) is 0 Å². The van der Waals surface area contributed by atoms with Gasteiger partial charge in [0, 0.05) is 25.1 Å². The molecule has 2 aliphatic rings. The van der Waals surface area contributed by atoms with Crippen LogP contribution in [0.15, 0.2) is 6.20 Å². The largest absolute Gasteiger partial charge is 0.381 e. The van der Waals surface area contributed by atoms with E-state index in [1.807, 2.05) is 0 Å². The number of hydrogen-bond donors (Lipinski definition) is 1. The molecule has 8 heteroatoms. The molecule has 2 fully saturated rings. The molecule has 20 heavy (non-hydrogen) atoms. The van der Waals surface area contributed by atoms with Crippen molar-refractivity contribution in [2.24, 2.45) is 5.92 Å². The minimum Gasteiger partial charge on any atom is -0.381 e. The fraction of sp³-hybridized carbons (Fsp3) is 0.667. The van der Waals surface area contributed by atoms with Crippen molar-refractivity contribution < 1.29 is 9.66 Å². The van der Waals surface area contributed by atoms with Crippen LogP contribution >= 0.6 is 0 Å². The second kappa shape index (κ2) is 5.20. The first-order valence-corrected chi connectivity index (χ1v) is 6.76. The number of aromatic nitrogens is 2. The van der Waals surface area contributed by atoms with Gasteiger partial charge in [-0.2, -0.15) is 4.98 Å². The number of nitrogen functional groups attached to an aromatic ring is 1. The molecule has 0 aromatic carbocycles. The summed E-state index contributed by atoms with van der Waals surface area (Å²) in [6.07, 6.45) is 4.44. The molecule has 108 valence electrons. The van der Waals surface area contributed by atoms with E-state index in [9.17, 15) is 10.1 Å². The Kier molecular flexibility index (Phi) is 3.39. The summed E-state index contributed by atoms with van der Waals surface area (Å²) in [7, 11) is 0. The van der Waals surface area contributed by atoms with Crippen molar-refractivity contribution in [3.8, 4) is 0 Å². The molecule has 2 N–H and O–H groups in total. The first-order valence-electron chi connectivity index (χ1n) is 6.76. The Hall–Kier alpha value is -1.96. The van der Waals surface area contributed by atoms with E-state index in [2.05, 4.69) is 14.9 Å². The van der Waals surface area contributed by atoms with Crippen molar-refractivity contribution in [3.63, 3.8) is 0 Å². The maximum Gasteiger partial charge on any atom is 0.329 e. The van der Waals surface area contributed by atoms with Crippen LogP contribution in [0.25, 0.3) is 0 Å². The van der Waals surface area contributed by atoms with Gasteiger partial charge in [-0.05, 0) is 19.3 Å². The number of nitrogens with zero attached hydrogens (tertiary/aromatic N) is 4. The molecule has 1 aromatic heterocycles. The van der Waals surface area contributed by atoms with Crippen LogP contribution in [0.4, 0.5) is 17.5 Å². The molecule has 0 bridgehead atoms. The standard InChI is InChI=1S/C12H17N5O3/c13-11-10(17(18)19)5-14-12(15-11)16(9-1-2-9)6-8-3-4-20-7-8/h5,8-9H,1-4,6-7H2,(H2,13,14,15). The molecule has 1 saturated heterocycles. The van der Waals surface area contributed by atoms with Crippen molar-refractivity contribution >= 4 is 17.5 Å². The van der Waals surface area contributed by atoms with Gasteiger partial charge in [0.05, 0.1) is 11.5 Å². The SMILES string of the molecule is Nc1nc(N(CC2CCOC2)C2CC2)ncc1[N+](=O)[O-]. The summed E-state index contributed by atoms with van der Waals surface area (Å²) in [4.78, 5) is 20.5. The number of hydrogen-bond acceptors (Lipinski definition) is 7. The predicted molar refractivity (Wildman–Crippen MR) is 72.4 cm³/mol. The molecule has 8 nitrogen and oxygen atoms in total. The van der Waals surface area contributed by atoms with Gasteiger partial charge in [-0.25, -0.2) is 4.98 Å². The monoisotopic (exact) mass is 279 g/mol. The summed E-state index contributed by atoms with van der Waals surface area (Å²) in [5, 5.41) is 10.7. The van der Waals surface area contributed by atoms with E-state index in [1.54, 1.807) is 0 Å². The Bertz CT molecular complexity index is 514. The van der Waals surface area contributed by atoms with Gasteiger partial charge in [-0.1, -0.05) is 0 Å². The molecule has 3 rings (SSSR count). The molecule has 0 radical (unpaired) electrons. The Morgan fingerprint density at radius 2 is 2.30 bits per heavy atom. The van der Waals surface area contributed by atoms with Gasteiger partial charge >= 0.3 is 5.69 Å². The van der Waals surface area contributed by atoms with Gasteiger partial charge in [-0.15, -0.1) is 0 Å². The minimum atomic E-state index is -0.564. The number of rotatable bonds is 5. The lowest BCUT2D eigenvalue weighted by atomic mass is 10.1. The highest BCUT2D eigenvalue weighted by atomic mass is 16.6. The third-order valence-electron chi connectivity index (χ3n) is 3.71. The fourth-order valence-electron chi connectivity index (χ4n) is 2.44. The lowest BCUT2D eigenvalue weighted by molar-refractivity contribution is -0.384. The van der Waals surface area contributed by atoms with E-state index < -0.39 is 4.92 Å². The highest BCUT2D eigenvalue weighted by molar-refractivity contribution is 5.54. The van der Waals surface area contributed by atoms with Crippen molar-refractivity contribution in [1.29, 1.82) is 0 Å². The predicted octanol–water partition coefficient (Wildman–Crippen LogP) is 0.972. The van der Waals surface area contributed by atoms with E-state index in [1.165, 1.54) is 6.20 Å². The van der Waals surface area contributed by atoms with E-state index in [-0.39, 0.29) is 11.5 Å². The molecular weight excluding hydrogens is 262 g/mol. The summed E-state index contributed by atoms with van der Waals surface area (Å²) in [5.74, 6) is 0.881. The molecule has 0 spiro atoms. The summed E-state index contributed by atoms with van der Waals surface area (Å²) >= 11 is 0. The van der Waals surface area contributed by atoms with Crippen molar-refractivity contribution in [2.45, 2.75) is 25.3 Å². The maximum atomic E-state index is 10.7. The van der Waals surface area contributed by atoms with Crippen LogP contribution in [-0.2, 0) is 4.74 Å². The quantitative estimate of drug-likeness (QED) is 0.632. The van der Waals surface area contributed by atoms with E-state index in [0.29, 0.717) is 17.9 Å². The molecule has 1 aliphatic heterocycles. The number of anilines is 2. The third-order valence-corrected chi connectivity index (χ3v) is 3.71. The molecule has 1 unspecified atom stereocenters. The Balaban J connectivity index is 1.80. The van der Waals surface area contributed by atoms with Gasteiger partial charge in [0.25, 0.3) is 0 Å². The van der Waals surface area contributed by atoms with E-state index >= 15 is 0 Å². The fourth-order valence-corrected chi connectivity index (χ4v) is 2.44. The third kappa shape index (κ3) is 2.64. The normalized spacial score (nSPS) is 21.9. The maximum absolute atomic E-state index is 10.7. The zero-order chi connectivity index (χ0) is 14.1. The van der Waals surface area contributed by atoms with Gasteiger partial charge in [0.1, 0.15) is 6.20 Å². The van der Waals surface area contributed by atoms with Crippen molar-refractivity contribution in [3.05, 3.63) is 16.3 Å². The highest BCUT2D eigenvalue weighted by Crippen LogP contribution is 2.32. The van der Waals surface area contributed by atoms with Crippen LogP contribution < -0.4 is 10.6 Å². The van der Waals surface area contributed by atoms with Gasteiger partial charge in [-0.3, -0.25) is 10.1 Å². The molecule has 1 saturated carbocycles. The van der Waals surface area contributed by atoms with Crippen LogP contribution in [0.2, 0.25) is 0 Å². The zero-order valence-corrected chi connectivity index (χ0v) is 11.1. The van der Waals surface area contributed by atoms with E-state index in [4.69, 9.17) is 10.5 Å². The molecule has 2 heterocycles. The van der Waals surface area contributed by atoms with Crippen LogP contribution in [-0.4, -0.2) is 40.7 Å². The zero-order valence-electron chi connectivity index (χ0n) is 11.1. The number of nitro groups is 1. The average Bonchev–Trinajstić information content (AvgIpc) is 3.12. The van der Waals surface area contributed by atoms with Gasteiger partial charge in [0.15, 0.2) is 0 Å². The molecule has 0 amide bonds. The summed E-state index contributed by atoms with van der Waals surface area (Å²) in [6.45, 7) is 2.38.